The second-order valence-corrected chi connectivity index (χ2v) is 3.70. The van der Waals surface area contributed by atoms with Gasteiger partial charge in [0, 0.05) is 12.5 Å². The molecule has 1 aliphatic rings. The van der Waals surface area contributed by atoms with Crippen LogP contribution in [0.1, 0.15) is 18.2 Å². The SMILES string of the molecule is c1ccc2[nH]c([C@@H]3CCOC3)nc2c1. The largest absolute Gasteiger partial charge is 0.381 e. The van der Waals surface area contributed by atoms with Gasteiger partial charge in [0.2, 0.25) is 0 Å². The maximum Gasteiger partial charge on any atom is 0.112 e. The fourth-order valence-corrected chi connectivity index (χ4v) is 1.92. The predicted octanol–water partition coefficient (Wildman–Crippen LogP) is 2.07. The molecule has 0 aliphatic carbocycles. The first-order valence-electron chi connectivity index (χ1n) is 4.96. The maximum atomic E-state index is 5.35. The molecule has 14 heavy (non-hydrogen) atoms. The lowest BCUT2D eigenvalue weighted by molar-refractivity contribution is 0.193. The summed E-state index contributed by atoms with van der Waals surface area (Å²) in [5.74, 6) is 1.53. The Labute approximate surface area is 82.1 Å². The van der Waals surface area contributed by atoms with E-state index in [2.05, 4.69) is 16.0 Å². The van der Waals surface area contributed by atoms with Crippen LogP contribution in [0.2, 0.25) is 0 Å². The van der Waals surface area contributed by atoms with E-state index < -0.39 is 0 Å². The molecule has 1 saturated heterocycles. The summed E-state index contributed by atoms with van der Waals surface area (Å²) in [4.78, 5) is 7.91. The molecule has 0 unspecified atom stereocenters. The average Bonchev–Trinajstić information content (AvgIpc) is 2.86. The number of benzene rings is 1. The van der Waals surface area contributed by atoms with Crippen LogP contribution in [0.3, 0.4) is 0 Å². The predicted molar refractivity (Wildman–Crippen MR) is 54.3 cm³/mol. The highest BCUT2D eigenvalue weighted by Crippen LogP contribution is 2.24. The molecule has 1 fully saturated rings. The highest BCUT2D eigenvalue weighted by atomic mass is 16.5. The molecule has 0 saturated carbocycles. The van der Waals surface area contributed by atoms with Gasteiger partial charge in [-0.1, -0.05) is 12.1 Å². The number of ether oxygens (including phenoxy) is 1. The van der Waals surface area contributed by atoms with Gasteiger partial charge in [0.15, 0.2) is 0 Å². The molecular weight excluding hydrogens is 176 g/mol. The standard InChI is InChI=1S/C11H12N2O/c1-2-4-10-9(3-1)12-11(13-10)8-5-6-14-7-8/h1-4,8H,5-7H2,(H,12,13)/t8-/m1/s1. The van der Waals surface area contributed by atoms with Gasteiger partial charge in [0.25, 0.3) is 0 Å². The quantitative estimate of drug-likeness (QED) is 0.743. The zero-order valence-corrected chi connectivity index (χ0v) is 7.86. The molecule has 2 aromatic rings. The van der Waals surface area contributed by atoms with Gasteiger partial charge in [-0.3, -0.25) is 0 Å². The molecule has 1 N–H and O–H groups in total. The van der Waals surface area contributed by atoms with Gasteiger partial charge in [-0.25, -0.2) is 4.98 Å². The lowest BCUT2D eigenvalue weighted by Crippen LogP contribution is -1.99. The summed E-state index contributed by atoms with van der Waals surface area (Å²) in [6, 6.07) is 8.13. The minimum atomic E-state index is 0.461. The van der Waals surface area contributed by atoms with Gasteiger partial charge >= 0.3 is 0 Å². The minimum Gasteiger partial charge on any atom is -0.381 e. The van der Waals surface area contributed by atoms with Crippen LogP contribution in [-0.4, -0.2) is 23.2 Å². The third-order valence-electron chi connectivity index (χ3n) is 2.72. The van der Waals surface area contributed by atoms with E-state index in [-0.39, 0.29) is 0 Å². The fraction of sp³-hybridized carbons (Fsp3) is 0.364. The van der Waals surface area contributed by atoms with Gasteiger partial charge in [-0.05, 0) is 18.6 Å². The zero-order chi connectivity index (χ0) is 9.38. The van der Waals surface area contributed by atoms with Crippen LogP contribution in [0.25, 0.3) is 11.0 Å². The first-order chi connectivity index (χ1) is 6.93. The highest BCUT2D eigenvalue weighted by molar-refractivity contribution is 5.74. The maximum absolute atomic E-state index is 5.35. The molecule has 1 atom stereocenters. The topological polar surface area (TPSA) is 37.9 Å². The molecule has 0 radical (unpaired) electrons. The summed E-state index contributed by atoms with van der Waals surface area (Å²) in [5.41, 5.74) is 2.17. The van der Waals surface area contributed by atoms with E-state index in [0.717, 1.165) is 36.5 Å². The minimum absolute atomic E-state index is 0.461. The number of nitrogens with one attached hydrogen (secondary N) is 1. The van der Waals surface area contributed by atoms with Gasteiger partial charge in [-0.15, -0.1) is 0 Å². The van der Waals surface area contributed by atoms with Crippen molar-refractivity contribution < 1.29 is 4.74 Å². The number of hydrogen-bond donors (Lipinski definition) is 1. The van der Waals surface area contributed by atoms with E-state index in [4.69, 9.17) is 4.74 Å². The van der Waals surface area contributed by atoms with E-state index in [9.17, 15) is 0 Å². The van der Waals surface area contributed by atoms with Crippen molar-refractivity contribution in [3.05, 3.63) is 30.1 Å². The van der Waals surface area contributed by atoms with Crippen molar-refractivity contribution >= 4 is 11.0 Å². The summed E-state index contributed by atoms with van der Waals surface area (Å²) in [6.07, 6.45) is 1.08. The molecule has 0 bridgehead atoms. The molecule has 0 spiro atoms. The molecule has 3 rings (SSSR count). The molecule has 3 nitrogen and oxygen atoms in total. The molecular formula is C11H12N2O. The van der Waals surface area contributed by atoms with Crippen LogP contribution >= 0.6 is 0 Å². The first kappa shape index (κ1) is 8.00. The van der Waals surface area contributed by atoms with Gasteiger partial charge in [0.05, 0.1) is 17.6 Å². The van der Waals surface area contributed by atoms with Crippen LogP contribution in [0, 0.1) is 0 Å². The fourth-order valence-electron chi connectivity index (χ4n) is 1.92. The van der Waals surface area contributed by atoms with Crippen molar-refractivity contribution in [3.8, 4) is 0 Å². The Kier molecular flexibility index (Phi) is 1.77. The van der Waals surface area contributed by atoms with E-state index >= 15 is 0 Å². The number of rotatable bonds is 1. The Morgan fingerprint density at radius 2 is 2.29 bits per heavy atom. The Morgan fingerprint density at radius 1 is 1.36 bits per heavy atom. The van der Waals surface area contributed by atoms with Gasteiger partial charge < -0.3 is 9.72 Å². The van der Waals surface area contributed by atoms with E-state index in [1.165, 1.54) is 0 Å². The van der Waals surface area contributed by atoms with E-state index in [1.807, 2.05) is 18.2 Å². The summed E-state index contributed by atoms with van der Waals surface area (Å²) in [7, 11) is 0. The lowest BCUT2D eigenvalue weighted by atomic mass is 10.1. The lowest BCUT2D eigenvalue weighted by Gasteiger charge is -2.00. The van der Waals surface area contributed by atoms with Crippen molar-refractivity contribution in [2.75, 3.05) is 13.2 Å². The summed E-state index contributed by atoms with van der Waals surface area (Å²) in [5, 5.41) is 0. The van der Waals surface area contributed by atoms with Crippen LogP contribution in [0.5, 0.6) is 0 Å². The van der Waals surface area contributed by atoms with Crippen molar-refractivity contribution in [3.63, 3.8) is 0 Å². The summed E-state index contributed by atoms with van der Waals surface area (Å²) >= 11 is 0. The molecule has 1 aromatic heterocycles. The second-order valence-electron chi connectivity index (χ2n) is 3.70. The van der Waals surface area contributed by atoms with E-state index in [0.29, 0.717) is 5.92 Å². The molecule has 3 heteroatoms. The van der Waals surface area contributed by atoms with Crippen LogP contribution < -0.4 is 0 Å². The smallest absolute Gasteiger partial charge is 0.112 e. The van der Waals surface area contributed by atoms with Crippen molar-refractivity contribution in [2.24, 2.45) is 0 Å². The molecule has 2 heterocycles. The van der Waals surface area contributed by atoms with Crippen molar-refractivity contribution in [1.82, 2.24) is 9.97 Å². The normalized spacial score (nSPS) is 21.9. The number of imidazole rings is 1. The molecule has 0 amide bonds. The first-order valence-corrected chi connectivity index (χ1v) is 4.96. The van der Waals surface area contributed by atoms with Crippen LogP contribution in [0.4, 0.5) is 0 Å². The Morgan fingerprint density at radius 3 is 3.07 bits per heavy atom. The van der Waals surface area contributed by atoms with Crippen molar-refractivity contribution in [1.29, 1.82) is 0 Å². The third-order valence-corrected chi connectivity index (χ3v) is 2.72. The Bertz CT molecular complexity index is 410. The zero-order valence-electron chi connectivity index (χ0n) is 7.86. The Balaban J connectivity index is 2.05. The average molecular weight is 188 g/mol. The van der Waals surface area contributed by atoms with Gasteiger partial charge in [-0.2, -0.15) is 0 Å². The molecule has 72 valence electrons. The number of nitrogens with zero attached hydrogens (tertiary/aromatic N) is 1. The monoisotopic (exact) mass is 188 g/mol. The number of aromatic amines is 1. The Hall–Kier alpha value is -1.35. The second kappa shape index (κ2) is 3.10. The molecule has 1 aromatic carbocycles. The van der Waals surface area contributed by atoms with Crippen molar-refractivity contribution in [2.45, 2.75) is 12.3 Å². The third kappa shape index (κ3) is 1.21. The molecule has 1 aliphatic heterocycles. The number of aromatic nitrogens is 2. The summed E-state index contributed by atoms with van der Waals surface area (Å²) < 4.78 is 5.35. The van der Waals surface area contributed by atoms with E-state index in [1.54, 1.807) is 0 Å². The number of fused-ring (bicyclic) bond motifs is 1. The van der Waals surface area contributed by atoms with Crippen LogP contribution in [0.15, 0.2) is 24.3 Å². The van der Waals surface area contributed by atoms with Gasteiger partial charge in [0.1, 0.15) is 5.82 Å². The van der Waals surface area contributed by atoms with Crippen LogP contribution in [-0.2, 0) is 4.74 Å². The number of hydrogen-bond acceptors (Lipinski definition) is 2. The number of para-hydroxylation sites is 2. The number of H-pyrrole nitrogens is 1. The highest BCUT2D eigenvalue weighted by Gasteiger charge is 2.20. The summed E-state index contributed by atoms with van der Waals surface area (Å²) in [6.45, 7) is 1.67.